The van der Waals surface area contributed by atoms with Gasteiger partial charge in [-0.25, -0.2) is 0 Å². The summed E-state index contributed by atoms with van der Waals surface area (Å²) in [6, 6.07) is 6.61. The third-order valence-electron chi connectivity index (χ3n) is 4.46. The van der Waals surface area contributed by atoms with Crippen molar-refractivity contribution in [3.63, 3.8) is 0 Å². The van der Waals surface area contributed by atoms with Crippen LogP contribution in [0.15, 0.2) is 43.0 Å². The van der Waals surface area contributed by atoms with Gasteiger partial charge in [0.15, 0.2) is 0 Å². The summed E-state index contributed by atoms with van der Waals surface area (Å²) in [5.41, 5.74) is 2.00. The van der Waals surface area contributed by atoms with E-state index < -0.39 is 0 Å². The van der Waals surface area contributed by atoms with Crippen LogP contribution in [0.4, 0.5) is 0 Å². The van der Waals surface area contributed by atoms with E-state index >= 15 is 0 Å². The van der Waals surface area contributed by atoms with Crippen LogP contribution in [0, 0.1) is 0 Å². The molecular weight excluding hydrogens is 276 g/mol. The molecule has 1 aliphatic rings. The largest absolute Gasteiger partial charge is 0.367 e. The van der Waals surface area contributed by atoms with Crippen LogP contribution in [-0.2, 0) is 0 Å². The van der Waals surface area contributed by atoms with Gasteiger partial charge in [-0.15, -0.1) is 0 Å². The third-order valence-corrected chi connectivity index (χ3v) is 4.46. The molecule has 1 saturated heterocycles. The molecule has 1 unspecified atom stereocenters. The molecule has 1 fully saturated rings. The Kier molecular flexibility index (Phi) is 4.53. The second-order valence-electron chi connectivity index (χ2n) is 5.84. The predicted molar refractivity (Wildman–Crippen MR) is 85.5 cm³/mol. The first-order valence-corrected chi connectivity index (χ1v) is 7.81. The lowest BCUT2D eigenvalue weighted by Crippen LogP contribution is -2.45. The van der Waals surface area contributed by atoms with E-state index in [0.29, 0.717) is 11.6 Å². The van der Waals surface area contributed by atoms with Gasteiger partial charge in [0.05, 0.1) is 5.56 Å². The van der Waals surface area contributed by atoms with E-state index in [1.807, 2.05) is 12.4 Å². The minimum atomic E-state index is 0.0156. The van der Waals surface area contributed by atoms with Crippen LogP contribution in [0.2, 0.25) is 0 Å². The molecule has 5 heteroatoms. The highest BCUT2D eigenvalue weighted by molar-refractivity contribution is 5.94. The fourth-order valence-electron chi connectivity index (χ4n) is 3.02. The van der Waals surface area contributed by atoms with Crippen molar-refractivity contribution in [3.05, 3.63) is 54.1 Å². The van der Waals surface area contributed by atoms with Gasteiger partial charge < -0.3 is 10.3 Å². The Hall–Kier alpha value is -2.14. The number of pyridine rings is 1. The molecule has 3 heterocycles. The number of carbonyl (C=O) groups excluding carboxylic acids is 1. The molecule has 2 aromatic heterocycles. The molecule has 3 rings (SSSR count). The number of hydrogen-bond donors (Lipinski definition) is 2. The molecule has 2 aromatic rings. The summed E-state index contributed by atoms with van der Waals surface area (Å²) in [5.74, 6) is 0.0156. The molecule has 0 spiro atoms. The molecule has 1 atom stereocenters. The van der Waals surface area contributed by atoms with Crippen LogP contribution in [0.3, 0.4) is 0 Å². The molecule has 1 amide bonds. The van der Waals surface area contributed by atoms with Crippen molar-refractivity contribution in [2.75, 3.05) is 13.1 Å². The Morgan fingerprint density at radius 3 is 2.68 bits per heavy atom. The number of rotatable bonds is 4. The average molecular weight is 298 g/mol. The van der Waals surface area contributed by atoms with E-state index in [0.717, 1.165) is 25.9 Å². The van der Waals surface area contributed by atoms with Crippen molar-refractivity contribution in [3.8, 4) is 0 Å². The van der Waals surface area contributed by atoms with Gasteiger partial charge in [-0.1, -0.05) is 0 Å². The number of aromatic nitrogens is 2. The Balaban J connectivity index is 1.51. The van der Waals surface area contributed by atoms with Crippen molar-refractivity contribution >= 4 is 5.91 Å². The second kappa shape index (κ2) is 6.75. The molecule has 0 saturated carbocycles. The van der Waals surface area contributed by atoms with Crippen LogP contribution >= 0.6 is 0 Å². The van der Waals surface area contributed by atoms with Crippen LogP contribution < -0.4 is 5.32 Å². The standard InChI is InChI=1S/C17H22N4O/c1-13(14-2-7-18-8-3-14)21-10-5-16(6-11-21)20-17(22)15-4-9-19-12-15/h2-4,7-9,12-13,16,19H,5-6,10-11H2,1H3,(H,20,22). The maximum absolute atomic E-state index is 12.1. The summed E-state index contributed by atoms with van der Waals surface area (Å²) in [4.78, 5) is 21.5. The molecule has 0 radical (unpaired) electrons. The summed E-state index contributed by atoms with van der Waals surface area (Å²) < 4.78 is 0. The van der Waals surface area contributed by atoms with Crippen LogP contribution in [-0.4, -0.2) is 39.9 Å². The maximum Gasteiger partial charge on any atom is 0.253 e. The number of piperidine rings is 1. The van der Waals surface area contributed by atoms with E-state index in [-0.39, 0.29) is 11.9 Å². The molecule has 1 aliphatic heterocycles. The Labute approximate surface area is 130 Å². The number of nitrogens with one attached hydrogen (secondary N) is 2. The quantitative estimate of drug-likeness (QED) is 0.911. The fourth-order valence-corrected chi connectivity index (χ4v) is 3.02. The first-order valence-electron chi connectivity index (χ1n) is 7.81. The highest BCUT2D eigenvalue weighted by Crippen LogP contribution is 2.23. The molecule has 0 aromatic carbocycles. The van der Waals surface area contributed by atoms with Gasteiger partial charge in [-0.3, -0.25) is 14.7 Å². The predicted octanol–water partition coefficient (Wildman–Crippen LogP) is 2.37. The molecule has 0 aliphatic carbocycles. The Bertz CT molecular complexity index is 588. The van der Waals surface area contributed by atoms with Gasteiger partial charge in [-0.2, -0.15) is 0 Å². The lowest BCUT2D eigenvalue weighted by Gasteiger charge is -2.36. The van der Waals surface area contributed by atoms with E-state index in [1.165, 1.54) is 5.56 Å². The molecule has 0 bridgehead atoms. The van der Waals surface area contributed by atoms with Crippen molar-refractivity contribution < 1.29 is 4.79 Å². The zero-order valence-electron chi connectivity index (χ0n) is 12.8. The van der Waals surface area contributed by atoms with Crippen molar-refractivity contribution in [1.29, 1.82) is 0 Å². The second-order valence-corrected chi connectivity index (χ2v) is 5.84. The minimum Gasteiger partial charge on any atom is -0.367 e. The van der Waals surface area contributed by atoms with Gasteiger partial charge in [0.2, 0.25) is 0 Å². The van der Waals surface area contributed by atoms with Crippen LogP contribution in [0.5, 0.6) is 0 Å². The number of likely N-dealkylation sites (tertiary alicyclic amines) is 1. The monoisotopic (exact) mass is 298 g/mol. The highest BCUT2D eigenvalue weighted by atomic mass is 16.1. The number of aromatic amines is 1. The normalized spacial score (nSPS) is 18.0. The summed E-state index contributed by atoms with van der Waals surface area (Å²) >= 11 is 0. The zero-order valence-corrected chi connectivity index (χ0v) is 12.8. The Morgan fingerprint density at radius 2 is 2.05 bits per heavy atom. The number of nitrogens with zero attached hydrogens (tertiary/aromatic N) is 2. The summed E-state index contributed by atoms with van der Waals surface area (Å²) in [7, 11) is 0. The van der Waals surface area contributed by atoms with Gasteiger partial charge >= 0.3 is 0 Å². The minimum absolute atomic E-state index is 0.0156. The van der Waals surface area contributed by atoms with Crippen LogP contribution in [0.25, 0.3) is 0 Å². The lowest BCUT2D eigenvalue weighted by molar-refractivity contribution is 0.0896. The van der Waals surface area contributed by atoms with Gasteiger partial charge in [0, 0.05) is 50.0 Å². The number of amides is 1. The molecule has 22 heavy (non-hydrogen) atoms. The third kappa shape index (κ3) is 3.36. The highest BCUT2D eigenvalue weighted by Gasteiger charge is 2.24. The smallest absolute Gasteiger partial charge is 0.253 e. The molecule has 116 valence electrons. The number of H-pyrrole nitrogens is 1. The number of hydrogen-bond acceptors (Lipinski definition) is 3. The van der Waals surface area contributed by atoms with Gasteiger partial charge in [0.1, 0.15) is 0 Å². The van der Waals surface area contributed by atoms with E-state index in [2.05, 4.69) is 39.2 Å². The Morgan fingerprint density at radius 1 is 1.32 bits per heavy atom. The van der Waals surface area contributed by atoms with Crippen molar-refractivity contribution in [2.24, 2.45) is 0 Å². The number of carbonyl (C=O) groups is 1. The zero-order chi connectivity index (χ0) is 15.4. The molecule has 2 N–H and O–H groups in total. The topological polar surface area (TPSA) is 61.0 Å². The first kappa shape index (κ1) is 14.8. The van der Waals surface area contributed by atoms with Crippen molar-refractivity contribution in [2.45, 2.75) is 31.8 Å². The first-order chi connectivity index (χ1) is 10.7. The lowest BCUT2D eigenvalue weighted by atomic mass is 10.0. The summed E-state index contributed by atoms with van der Waals surface area (Å²) in [6.45, 7) is 4.23. The van der Waals surface area contributed by atoms with E-state index in [4.69, 9.17) is 0 Å². The molecule has 5 nitrogen and oxygen atoms in total. The SMILES string of the molecule is CC(c1ccncc1)N1CCC(NC(=O)c2cc[nH]c2)CC1. The molecular formula is C17H22N4O. The summed E-state index contributed by atoms with van der Waals surface area (Å²) in [6.07, 6.45) is 9.17. The van der Waals surface area contributed by atoms with E-state index in [1.54, 1.807) is 18.5 Å². The summed E-state index contributed by atoms with van der Waals surface area (Å²) in [5, 5.41) is 3.12. The van der Waals surface area contributed by atoms with Crippen molar-refractivity contribution in [1.82, 2.24) is 20.2 Å². The van der Waals surface area contributed by atoms with E-state index in [9.17, 15) is 4.79 Å². The fraction of sp³-hybridized carbons (Fsp3) is 0.412. The average Bonchev–Trinajstić information content (AvgIpc) is 3.10. The van der Waals surface area contributed by atoms with Gasteiger partial charge in [0.25, 0.3) is 5.91 Å². The van der Waals surface area contributed by atoms with Crippen LogP contribution in [0.1, 0.15) is 41.7 Å². The maximum atomic E-state index is 12.1. The van der Waals surface area contributed by atoms with Gasteiger partial charge in [-0.05, 0) is 43.5 Å².